The number of nitrogens with one attached hydrogen (secondary N) is 1. The third-order valence-electron chi connectivity index (χ3n) is 4.48. The van der Waals surface area contributed by atoms with Crippen LogP contribution in [0, 0.1) is 24.2 Å². The Labute approximate surface area is 150 Å². The van der Waals surface area contributed by atoms with E-state index in [0.29, 0.717) is 18.0 Å². The van der Waals surface area contributed by atoms with Crippen LogP contribution in [0.15, 0.2) is 12.1 Å². The summed E-state index contributed by atoms with van der Waals surface area (Å²) in [6.45, 7) is 8.37. The van der Waals surface area contributed by atoms with Gasteiger partial charge >= 0.3 is 0 Å². The molecule has 0 saturated heterocycles. The Balaban J connectivity index is 2.79. The molecule has 0 bridgehead atoms. The van der Waals surface area contributed by atoms with E-state index in [1.54, 1.807) is 21.1 Å². The van der Waals surface area contributed by atoms with E-state index in [4.69, 9.17) is 9.47 Å². The highest BCUT2D eigenvalue weighted by Gasteiger charge is 2.30. The second-order valence-electron chi connectivity index (χ2n) is 6.82. The number of benzene rings is 1. The number of carbonyl (C=O) groups excluding carboxylic acids is 1. The molecule has 1 aromatic carbocycles. The largest absolute Gasteiger partial charge is 0.493 e. The summed E-state index contributed by atoms with van der Waals surface area (Å²) in [5, 5.41) is 12.1. The molecule has 0 fully saturated rings. The molecule has 1 aromatic rings. The summed E-state index contributed by atoms with van der Waals surface area (Å²) in [6.07, 6.45) is 0. The lowest BCUT2D eigenvalue weighted by Gasteiger charge is -2.28. The molecule has 0 unspecified atom stereocenters. The van der Waals surface area contributed by atoms with Gasteiger partial charge in [-0.2, -0.15) is 5.26 Å². The van der Waals surface area contributed by atoms with Gasteiger partial charge in [0.05, 0.1) is 26.8 Å². The predicted octanol–water partition coefficient (Wildman–Crippen LogP) is 2.50. The first-order valence-electron chi connectivity index (χ1n) is 8.29. The summed E-state index contributed by atoms with van der Waals surface area (Å²) in [5.74, 6) is 1.21. The van der Waals surface area contributed by atoms with Crippen molar-refractivity contribution in [2.75, 3.05) is 27.8 Å². The van der Waals surface area contributed by atoms with Gasteiger partial charge < -0.3 is 14.8 Å². The van der Waals surface area contributed by atoms with Crippen molar-refractivity contribution in [3.05, 3.63) is 23.3 Å². The van der Waals surface area contributed by atoms with Crippen molar-refractivity contribution in [3.63, 3.8) is 0 Å². The van der Waals surface area contributed by atoms with E-state index in [0.717, 1.165) is 11.1 Å². The van der Waals surface area contributed by atoms with Gasteiger partial charge in [-0.15, -0.1) is 0 Å². The molecule has 138 valence electrons. The number of hydrogen-bond donors (Lipinski definition) is 1. The van der Waals surface area contributed by atoms with E-state index in [2.05, 4.69) is 11.4 Å². The third kappa shape index (κ3) is 5.36. The highest BCUT2D eigenvalue weighted by molar-refractivity contribution is 5.79. The number of amides is 1. The van der Waals surface area contributed by atoms with Crippen molar-refractivity contribution in [2.45, 2.75) is 39.8 Å². The molecule has 0 radical (unpaired) electrons. The number of aryl methyl sites for hydroxylation is 1. The molecule has 0 aliphatic heterocycles. The standard InChI is InChI=1S/C19H29N3O3/c1-13(2)19(4,12-20)21-18(23)11-22(5)10-15-9-17(25-7)16(24-6)8-14(15)3/h8-9,13H,10-11H2,1-7H3,(H,21,23)/t19-/m0/s1. The summed E-state index contributed by atoms with van der Waals surface area (Å²) in [4.78, 5) is 14.2. The molecule has 6 nitrogen and oxygen atoms in total. The topological polar surface area (TPSA) is 74.6 Å². The van der Waals surface area contributed by atoms with Gasteiger partial charge in [0.25, 0.3) is 0 Å². The average molecular weight is 347 g/mol. The SMILES string of the molecule is COc1cc(C)c(CN(C)CC(=O)N[C@@](C)(C#N)C(C)C)cc1OC. The van der Waals surface area contributed by atoms with Crippen LogP contribution in [-0.2, 0) is 11.3 Å². The van der Waals surface area contributed by atoms with Gasteiger partial charge in [0, 0.05) is 6.54 Å². The fraction of sp³-hybridized carbons (Fsp3) is 0.579. The molecule has 0 aliphatic carbocycles. The van der Waals surface area contributed by atoms with Crippen molar-refractivity contribution in [1.82, 2.24) is 10.2 Å². The van der Waals surface area contributed by atoms with Gasteiger partial charge in [0.1, 0.15) is 5.54 Å². The van der Waals surface area contributed by atoms with Crippen molar-refractivity contribution < 1.29 is 14.3 Å². The van der Waals surface area contributed by atoms with Crippen molar-refractivity contribution >= 4 is 5.91 Å². The zero-order valence-corrected chi connectivity index (χ0v) is 16.3. The lowest BCUT2D eigenvalue weighted by molar-refractivity contribution is -0.123. The summed E-state index contributed by atoms with van der Waals surface area (Å²) >= 11 is 0. The lowest BCUT2D eigenvalue weighted by Crippen LogP contribution is -2.51. The Bertz CT molecular complexity index is 652. The molecule has 1 rings (SSSR count). The number of rotatable bonds is 8. The highest BCUT2D eigenvalue weighted by atomic mass is 16.5. The maximum Gasteiger partial charge on any atom is 0.235 e. The molecular weight excluding hydrogens is 318 g/mol. The molecule has 0 aromatic heterocycles. The van der Waals surface area contributed by atoms with E-state index < -0.39 is 5.54 Å². The van der Waals surface area contributed by atoms with Crippen LogP contribution >= 0.6 is 0 Å². The predicted molar refractivity (Wildman–Crippen MR) is 97.6 cm³/mol. The van der Waals surface area contributed by atoms with Crippen LogP contribution in [0.2, 0.25) is 0 Å². The summed E-state index contributed by atoms with van der Waals surface area (Å²) in [6, 6.07) is 6.04. The molecule has 0 aliphatic rings. The van der Waals surface area contributed by atoms with E-state index >= 15 is 0 Å². The fourth-order valence-electron chi connectivity index (χ4n) is 2.42. The van der Waals surface area contributed by atoms with Gasteiger partial charge in [-0.1, -0.05) is 13.8 Å². The maximum absolute atomic E-state index is 12.3. The second-order valence-corrected chi connectivity index (χ2v) is 6.82. The van der Waals surface area contributed by atoms with Crippen molar-refractivity contribution in [1.29, 1.82) is 5.26 Å². The van der Waals surface area contributed by atoms with Crippen LogP contribution < -0.4 is 14.8 Å². The number of nitriles is 1. The maximum atomic E-state index is 12.3. The zero-order chi connectivity index (χ0) is 19.2. The van der Waals surface area contributed by atoms with Gasteiger partial charge in [0.15, 0.2) is 11.5 Å². The van der Waals surface area contributed by atoms with Gasteiger partial charge in [-0.25, -0.2) is 0 Å². The summed E-state index contributed by atoms with van der Waals surface area (Å²) in [7, 11) is 5.08. The van der Waals surface area contributed by atoms with Crippen LogP contribution in [0.5, 0.6) is 11.5 Å². The first kappa shape index (κ1) is 20.8. The monoisotopic (exact) mass is 347 g/mol. The van der Waals surface area contributed by atoms with E-state index in [-0.39, 0.29) is 18.4 Å². The van der Waals surface area contributed by atoms with E-state index in [1.807, 2.05) is 44.9 Å². The van der Waals surface area contributed by atoms with Crippen LogP contribution in [0.3, 0.4) is 0 Å². The molecule has 0 spiro atoms. The number of carbonyl (C=O) groups is 1. The highest BCUT2D eigenvalue weighted by Crippen LogP contribution is 2.30. The summed E-state index contributed by atoms with van der Waals surface area (Å²) < 4.78 is 10.6. The zero-order valence-electron chi connectivity index (χ0n) is 16.3. The number of ether oxygens (including phenoxy) is 2. The number of hydrogen-bond acceptors (Lipinski definition) is 5. The van der Waals surface area contributed by atoms with Gasteiger partial charge in [-0.05, 0) is 50.1 Å². The molecule has 6 heteroatoms. The molecule has 0 saturated carbocycles. The molecule has 25 heavy (non-hydrogen) atoms. The Morgan fingerprint density at radius 1 is 1.32 bits per heavy atom. The van der Waals surface area contributed by atoms with Crippen molar-refractivity contribution in [2.24, 2.45) is 5.92 Å². The summed E-state index contributed by atoms with van der Waals surface area (Å²) in [5.41, 5.74) is 1.26. The normalized spacial score (nSPS) is 13.3. The Morgan fingerprint density at radius 3 is 2.36 bits per heavy atom. The van der Waals surface area contributed by atoms with Gasteiger partial charge in [0.2, 0.25) is 5.91 Å². The third-order valence-corrected chi connectivity index (χ3v) is 4.48. The van der Waals surface area contributed by atoms with E-state index in [9.17, 15) is 10.1 Å². The van der Waals surface area contributed by atoms with Crippen LogP contribution in [0.25, 0.3) is 0 Å². The van der Waals surface area contributed by atoms with Gasteiger partial charge in [-0.3, -0.25) is 9.69 Å². The molecule has 0 heterocycles. The average Bonchev–Trinajstić information content (AvgIpc) is 2.55. The van der Waals surface area contributed by atoms with Crippen LogP contribution in [0.4, 0.5) is 0 Å². The smallest absolute Gasteiger partial charge is 0.235 e. The Kier molecular flexibility index (Phi) is 7.25. The van der Waals surface area contributed by atoms with E-state index in [1.165, 1.54) is 0 Å². The molecular formula is C19H29N3O3. The van der Waals surface area contributed by atoms with Crippen molar-refractivity contribution in [3.8, 4) is 17.6 Å². The number of likely N-dealkylation sites (N-methyl/N-ethyl adjacent to an activating group) is 1. The molecule has 1 amide bonds. The minimum absolute atomic E-state index is 0.0276. The molecule has 1 N–H and O–H groups in total. The quantitative estimate of drug-likeness (QED) is 0.782. The van der Waals surface area contributed by atoms with Crippen LogP contribution in [-0.4, -0.2) is 44.2 Å². The minimum atomic E-state index is -0.864. The van der Waals surface area contributed by atoms with Crippen LogP contribution in [0.1, 0.15) is 31.9 Å². The lowest BCUT2D eigenvalue weighted by atomic mass is 9.90. The Hall–Kier alpha value is -2.26. The number of methoxy groups -OCH3 is 2. The fourth-order valence-corrected chi connectivity index (χ4v) is 2.42. The number of nitrogens with zero attached hydrogens (tertiary/aromatic N) is 2. The first-order chi connectivity index (χ1) is 11.7. The first-order valence-corrected chi connectivity index (χ1v) is 8.29. The minimum Gasteiger partial charge on any atom is -0.493 e. The molecule has 1 atom stereocenters. The second kappa shape index (κ2) is 8.72. The Morgan fingerprint density at radius 2 is 1.88 bits per heavy atom.